The van der Waals surface area contributed by atoms with Crippen LogP contribution in [0.5, 0.6) is 0 Å². The SMILES string of the molecule is CCCc1c(NC2CCNC2=O)cnn1-c1cccc(C#N)c1. The molecule has 1 aliphatic rings. The molecule has 0 bridgehead atoms. The summed E-state index contributed by atoms with van der Waals surface area (Å²) < 4.78 is 1.85. The molecule has 1 aromatic carbocycles. The third-order valence-corrected chi connectivity index (χ3v) is 3.95. The lowest BCUT2D eigenvalue weighted by molar-refractivity contribution is -0.119. The summed E-state index contributed by atoms with van der Waals surface area (Å²) in [4.78, 5) is 11.8. The molecule has 23 heavy (non-hydrogen) atoms. The van der Waals surface area contributed by atoms with Crippen molar-refractivity contribution in [2.45, 2.75) is 32.2 Å². The number of nitrogens with one attached hydrogen (secondary N) is 2. The third kappa shape index (κ3) is 3.04. The molecular weight excluding hydrogens is 290 g/mol. The molecule has 1 amide bonds. The van der Waals surface area contributed by atoms with Gasteiger partial charge in [-0.3, -0.25) is 4.79 Å². The Morgan fingerprint density at radius 1 is 1.52 bits per heavy atom. The molecule has 2 aromatic rings. The molecule has 1 unspecified atom stereocenters. The van der Waals surface area contributed by atoms with Crippen molar-refractivity contribution in [3.8, 4) is 11.8 Å². The maximum Gasteiger partial charge on any atom is 0.242 e. The molecule has 2 heterocycles. The van der Waals surface area contributed by atoms with Crippen molar-refractivity contribution in [1.82, 2.24) is 15.1 Å². The second-order valence-electron chi connectivity index (χ2n) is 5.61. The summed E-state index contributed by atoms with van der Waals surface area (Å²) in [5, 5.41) is 19.7. The second-order valence-corrected chi connectivity index (χ2v) is 5.61. The van der Waals surface area contributed by atoms with Crippen LogP contribution in [-0.4, -0.2) is 28.3 Å². The van der Waals surface area contributed by atoms with Crippen molar-refractivity contribution in [3.05, 3.63) is 41.7 Å². The number of hydrogen-bond donors (Lipinski definition) is 2. The number of benzene rings is 1. The van der Waals surface area contributed by atoms with Crippen LogP contribution in [0.4, 0.5) is 5.69 Å². The molecule has 0 radical (unpaired) electrons. The Bertz CT molecular complexity index is 759. The Morgan fingerprint density at radius 3 is 3.09 bits per heavy atom. The molecule has 0 saturated carbocycles. The zero-order chi connectivity index (χ0) is 16.2. The Kier molecular flexibility index (Phi) is 4.29. The molecule has 0 aliphatic carbocycles. The summed E-state index contributed by atoms with van der Waals surface area (Å²) in [6, 6.07) is 9.32. The van der Waals surface area contributed by atoms with Crippen LogP contribution in [0.15, 0.2) is 30.5 Å². The van der Waals surface area contributed by atoms with Gasteiger partial charge in [0.2, 0.25) is 5.91 Å². The zero-order valence-electron chi connectivity index (χ0n) is 13.0. The van der Waals surface area contributed by atoms with Gasteiger partial charge in [-0.15, -0.1) is 0 Å². The Balaban J connectivity index is 1.94. The van der Waals surface area contributed by atoms with Gasteiger partial charge in [-0.2, -0.15) is 10.4 Å². The fourth-order valence-corrected chi connectivity index (χ4v) is 2.82. The lowest BCUT2D eigenvalue weighted by atomic mass is 10.1. The van der Waals surface area contributed by atoms with Crippen molar-refractivity contribution < 1.29 is 4.79 Å². The minimum atomic E-state index is -0.200. The molecule has 6 nitrogen and oxygen atoms in total. The summed E-state index contributed by atoms with van der Waals surface area (Å²) in [6.45, 7) is 2.81. The normalized spacial score (nSPS) is 16.9. The average Bonchev–Trinajstić information content (AvgIpc) is 3.16. The van der Waals surface area contributed by atoms with Crippen LogP contribution in [0, 0.1) is 11.3 Å². The standard InChI is InChI=1S/C17H19N5O/c1-2-4-16-15(21-14-7-8-19-17(14)23)11-20-22(16)13-6-3-5-12(9-13)10-18/h3,5-6,9,11,14,21H,2,4,7-8H2,1H3,(H,19,23). The highest BCUT2D eigenvalue weighted by atomic mass is 16.2. The van der Waals surface area contributed by atoms with Gasteiger partial charge in [-0.25, -0.2) is 4.68 Å². The van der Waals surface area contributed by atoms with E-state index in [4.69, 9.17) is 5.26 Å². The quantitative estimate of drug-likeness (QED) is 0.885. The van der Waals surface area contributed by atoms with Gasteiger partial charge in [0.05, 0.1) is 34.9 Å². The molecular formula is C17H19N5O. The van der Waals surface area contributed by atoms with E-state index in [0.29, 0.717) is 12.1 Å². The van der Waals surface area contributed by atoms with Gasteiger partial charge < -0.3 is 10.6 Å². The molecule has 1 aromatic heterocycles. The first kappa shape index (κ1) is 15.1. The summed E-state index contributed by atoms with van der Waals surface area (Å²) in [6.07, 6.45) is 4.35. The van der Waals surface area contributed by atoms with Crippen LogP contribution < -0.4 is 10.6 Å². The Morgan fingerprint density at radius 2 is 2.39 bits per heavy atom. The van der Waals surface area contributed by atoms with Crippen LogP contribution in [-0.2, 0) is 11.2 Å². The number of nitrogens with zero attached hydrogens (tertiary/aromatic N) is 3. The highest BCUT2D eigenvalue weighted by molar-refractivity contribution is 5.86. The van der Waals surface area contributed by atoms with E-state index >= 15 is 0 Å². The van der Waals surface area contributed by atoms with Crippen molar-refractivity contribution in [2.75, 3.05) is 11.9 Å². The summed E-state index contributed by atoms with van der Waals surface area (Å²) in [7, 11) is 0. The highest BCUT2D eigenvalue weighted by Crippen LogP contribution is 2.23. The van der Waals surface area contributed by atoms with Gasteiger partial charge in [0.15, 0.2) is 0 Å². The smallest absolute Gasteiger partial charge is 0.242 e. The summed E-state index contributed by atoms with van der Waals surface area (Å²) in [5.74, 6) is 0.0340. The molecule has 0 spiro atoms. The van der Waals surface area contributed by atoms with Crippen LogP contribution in [0.2, 0.25) is 0 Å². The number of carbonyl (C=O) groups excluding carboxylic acids is 1. The van der Waals surface area contributed by atoms with Gasteiger partial charge in [0.1, 0.15) is 6.04 Å². The van der Waals surface area contributed by atoms with Crippen LogP contribution in [0.1, 0.15) is 31.0 Å². The van der Waals surface area contributed by atoms with Gasteiger partial charge in [0.25, 0.3) is 0 Å². The Labute approximate surface area is 135 Å². The fourth-order valence-electron chi connectivity index (χ4n) is 2.82. The predicted octanol–water partition coefficient (Wildman–Crippen LogP) is 2.00. The van der Waals surface area contributed by atoms with E-state index in [1.165, 1.54) is 0 Å². The van der Waals surface area contributed by atoms with E-state index in [1.54, 1.807) is 12.3 Å². The molecule has 118 valence electrons. The van der Waals surface area contributed by atoms with Crippen molar-refractivity contribution in [1.29, 1.82) is 5.26 Å². The average molecular weight is 309 g/mol. The van der Waals surface area contributed by atoms with E-state index in [1.807, 2.05) is 22.9 Å². The monoisotopic (exact) mass is 309 g/mol. The number of rotatable bonds is 5. The van der Waals surface area contributed by atoms with Crippen molar-refractivity contribution >= 4 is 11.6 Å². The van der Waals surface area contributed by atoms with Crippen LogP contribution >= 0.6 is 0 Å². The lowest BCUT2D eigenvalue weighted by Gasteiger charge is -2.13. The van der Waals surface area contributed by atoms with E-state index in [-0.39, 0.29) is 11.9 Å². The first-order valence-electron chi connectivity index (χ1n) is 7.84. The zero-order valence-corrected chi connectivity index (χ0v) is 13.0. The van der Waals surface area contributed by atoms with Crippen LogP contribution in [0.3, 0.4) is 0 Å². The second kappa shape index (κ2) is 6.53. The molecule has 6 heteroatoms. The van der Waals surface area contributed by atoms with E-state index in [2.05, 4.69) is 28.7 Å². The molecule has 1 fully saturated rings. The van der Waals surface area contributed by atoms with Gasteiger partial charge in [-0.1, -0.05) is 19.4 Å². The summed E-state index contributed by atoms with van der Waals surface area (Å²) >= 11 is 0. The predicted molar refractivity (Wildman–Crippen MR) is 87.3 cm³/mol. The molecule has 3 rings (SSSR count). The maximum atomic E-state index is 11.8. The van der Waals surface area contributed by atoms with Crippen molar-refractivity contribution in [2.24, 2.45) is 0 Å². The number of hydrogen-bond acceptors (Lipinski definition) is 4. The first-order valence-corrected chi connectivity index (χ1v) is 7.84. The Hall–Kier alpha value is -2.81. The number of anilines is 1. The highest BCUT2D eigenvalue weighted by Gasteiger charge is 2.25. The summed E-state index contributed by atoms with van der Waals surface area (Å²) in [5.41, 5.74) is 3.38. The minimum absolute atomic E-state index is 0.0340. The van der Waals surface area contributed by atoms with E-state index < -0.39 is 0 Å². The number of aromatic nitrogens is 2. The van der Waals surface area contributed by atoms with Gasteiger partial charge in [-0.05, 0) is 31.0 Å². The van der Waals surface area contributed by atoms with Crippen molar-refractivity contribution in [3.63, 3.8) is 0 Å². The van der Waals surface area contributed by atoms with E-state index in [0.717, 1.165) is 36.3 Å². The number of nitriles is 1. The van der Waals surface area contributed by atoms with Gasteiger partial charge in [0, 0.05) is 6.54 Å². The first-order chi connectivity index (χ1) is 11.2. The lowest BCUT2D eigenvalue weighted by Crippen LogP contribution is -2.29. The molecule has 1 saturated heterocycles. The minimum Gasteiger partial charge on any atom is -0.371 e. The van der Waals surface area contributed by atoms with E-state index in [9.17, 15) is 4.79 Å². The van der Waals surface area contributed by atoms with Gasteiger partial charge >= 0.3 is 0 Å². The van der Waals surface area contributed by atoms with Crippen LogP contribution in [0.25, 0.3) is 5.69 Å². The molecule has 2 N–H and O–H groups in total. The number of carbonyl (C=O) groups is 1. The largest absolute Gasteiger partial charge is 0.371 e. The third-order valence-electron chi connectivity index (χ3n) is 3.95. The molecule has 1 aliphatic heterocycles. The fraction of sp³-hybridized carbons (Fsp3) is 0.353. The number of amides is 1. The topological polar surface area (TPSA) is 82.7 Å². The maximum absolute atomic E-state index is 11.8. The molecule has 1 atom stereocenters.